The molecule has 0 aliphatic heterocycles. The number of nitrogens with one attached hydrogen (secondary N) is 1. The van der Waals surface area contributed by atoms with Crippen LogP contribution in [0.25, 0.3) is 0 Å². The number of halogens is 1. The Morgan fingerprint density at radius 1 is 1.60 bits per heavy atom. The number of aryl methyl sites for hydroxylation is 1. The number of aromatic nitrogens is 2. The molecular formula is C12H18BrN3O3S. The molecule has 0 saturated heterocycles. The van der Waals surface area contributed by atoms with E-state index in [1.165, 1.54) is 4.68 Å². The van der Waals surface area contributed by atoms with Crippen molar-refractivity contribution in [3.05, 3.63) is 16.4 Å². The lowest BCUT2D eigenvalue weighted by Crippen LogP contribution is -2.45. The van der Waals surface area contributed by atoms with Gasteiger partial charge in [0.1, 0.15) is 12.1 Å². The van der Waals surface area contributed by atoms with Crippen LogP contribution in [0, 0.1) is 6.92 Å². The largest absolute Gasteiger partial charge is 0.464 e. The normalized spacial score (nSPS) is 13.7. The van der Waals surface area contributed by atoms with Crippen LogP contribution in [0.5, 0.6) is 0 Å². The van der Waals surface area contributed by atoms with Gasteiger partial charge in [-0.15, -0.1) is 0 Å². The quantitative estimate of drug-likeness (QED) is 0.593. The summed E-state index contributed by atoms with van der Waals surface area (Å²) in [5.74, 6) is -0.618. The molecule has 0 aliphatic rings. The average molecular weight is 364 g/mol. The van der Waals surface area contributed by atoms with Crippen molar-refractivity contribution in [2.45, 2.75) is 32.9 Å². The zero-order valence-electron chi connectivity index (χ0n) is 11.6. The van der Waals surface area contributed by atoms with Crippen LogP contribution in [0.15, 0.2) is 10.7 Å². The molecule has 0 aliphatic carbocycles. The first-order valence-electron chi connectivity index (χ1n) is 6.19. The molecule has 112 valence electrons. The fraction of sp³-hybridized carbons (Fsp3) is 0.583. The number of esters is 1. The van der Waals surface area contributed by atoms with Crippen LogP contribution in [0.3, 0.4) is 0 Å². The number of thiol groups is 1. The summed E-state index contributed by atoms with van der Waals surface area (Å²) in [5.41, 5.74) is 0.792. The summed E-state index contributed by atoms with van der Waals surface area (Å²) in [6.07, 6.45) is 1.72. The van der Waals surface area contributed by atoms with E-state index >= 15 is 0 Å². The van der Waals surface area contributed by atoms with Gasteiger partial charge in [-0.3, -0.25) is 9.48 Å². The van der Waals surface area contributed by atoms with Crippen molar-refractivity contribution in [2.24, 2.45) is 0 Å². The molecule has 0 aromatic carbocycles. The Kier molecular flexibility index (Phi) is 6.54. The second-order valence-electron chi connectivity index (χ2n) is 4.21. The SMILES string of the molecule is CCOC(=O)[C@H](CS)NC(=O)C(C)n1cc(Br)c(C)n1. The van der Waals surface area contributed by atoms with Crippen molar-refractivity contribution in [3.8, 4) is 0 Å². The number of carbonyl (C=O) groups is 2. The van der Waals surface area contributed by atoms with Gasteiger partial charge in [0.2, 0.25) is 5.91 Å². The van der Waals surface area contributed by atoms with Gasteiger partial charge in [-0.05, 0) is 36.7 Å². The highest BCUT2D eigenvalue weighted by atomic mass is 79.9. The van der Waals surface area contributed by atoms with Crippen molar-refractivity contribution >= 4 is 40.4 Å². The van der Waals surface area contributed by atoms with Crippen LogP contribution >= 0.6 is 28.6 Å². The predicted molar refractivity (Wildman–Crippen MR) is 81.8 cm³/mol. The first-order chi connectivity index (χ1) is 9.40. The molecule has 0 radical (unpaired) electrons. The van der Waals surface area contributed by atoms with Crippen LogP contribution in [0.1, 0.15) is 25.6 Å². The number of hydrogen-bond acceptors (Lipinski definition) is 5. The van der Waals surface area contributed by atoms with Gasteiger partial charge in [0, 0.05) is 11.9 Å². The van der Waals surface area contributed by atoms with Crippen LogP contribution in [-0.4, -0.2) is 40.1 Å². The fourth-order valence-electron chi connectivity index (χ4n) is 1.49. The number of amides is 1. The van der Waals surface area contributed by atoms with E-state index < -0.39 is 18.1 Å². The Balaban J connectivity index is 2.71. The Labute approximate surface area is 131 Å². The van der Waals surface area contributed by atoms with Crippen LogP contribution in [-0.2, 0) is 14.3 Å². The minimum atomic E-state index is -0.756. The van der Waals surface area contributed by atoms with Gasteiger partial charge in [0.25, 0.3) is 0 Å². The summed E-state index contributed by atoms with van der Waals surface area (Å²) in [7, 11) is 0. The van der Waals surface area contributed by atoms with E-state index in [1.54, 1.807) is 20.0 Å². The summed E-state index contributed by atoms with van der Waals surface area (Å²) in [4.78, 5) is 23.7. The Bertz CT molecular complexity index is 473. The Morgan fingerprint density at radius 2 is 2.25 bits per heavy atom. The number of hydrogen-bond donors (Lipinski definition) is 2. The first-order valence-corrected chi connectivity index (χ1v) is 7.62. The van der Waals surface area contributed by atoms with E-state index in [9.17, 15) is 9.59 Å². The predicted octanol–water partition coefficient (Wildman–Crippen LogP) is 1.49. The van der Waals surface area contributed by atoms with Gasteiger partial charge in [0.05, 0.1) is 16.8 Å². The van der Waals surface area contributed by atoms with Crippen LogP contribution < -0.4 is 5.32 Å². The number of ether oxygens (including phenoxy) is 1. The molecular weight excluding hydrogens is 346 g/mol. The zero-order valence-corrected chi connectivity index (χ0v) is 14.1. The molecule has 1 heterocycles. The third-order valence-electron chi connectivity index (χ3n) is 2.70. The minimum absolute atomic E-state index is 0.180. The van der Waals surface area contributed by atoms with Gasteiger partial charge in [-0.25, -0.2) is 4.79 Å². The molecule has 1 N–H and O–H groups in total. The number of rotatable bonds is 6. The average Bonchev–Trinajstić information content (AvgIpc) is 2.75. The van der Waals surface area contributed by atoms with E-state index in [2.05, 4.69) is 39.0 Å². The van der Waals surface area contributed by atoms with Gasteiger partial charge in [-0.2, -0.15) is 17.7 Å². The van der Waals surface area contributed by atoms with E-state index in [0.29, 0.717) is 0 Å². The van der Waals surface area contributed by atoms with E-state index in [-0.39, 0.29) is 18.3 Å². The topological polar surface area (TPSA) is 73.2 Å². The van der Waals surface area contributed by atoms with Gasteiger partial charge in [0.15, 0.2) is 0 Å². The van der Waals surface area contributed by atoms with Gasteiger partial charge >= 0.3 is 5.97 Å². The van der Waals surface area contributed by atoms with Crippen molar-refractivity contribution in [3.63, 3.8) is 0 Å². The third kappa shape index (κ3) is 4.24. The van der Waals surface area contributed by atoms with Crippen LogP contribution in [0.4, 0.5) is 0 Å². The van der Waals surface area contributed by atoms with Gasteiger partial charge < -0.3 is 10.1 Å². The Morgan fingerprint density at radius 3 is 2.70 bits per heavy atom. The summed E-state index contributed by atoms with van der Waals surface area (Å²) >= 11 is 7.39. The number of carbonyl (C=O) groups excluding carboxylic acids is 2. The lowest BCUT2D eigenvalue weighted by Gasteiger charge is -2.18. The molecule has 0 saturated carbocycles. The van der Waals surface area contributed by atoms with Crippen molar-refractivity contribution in [2.75, 3.05) is 12.4 Å². The highest BCUT2D eigenvalue weighted by molar-refractivity contribution is 9.10. The highest BCUT2D eigenvalue weighted by Gasteiger charge is 2.24. The van der Waals surface area contributed by atoms with E-state index in [4.69, 9.17) is 4.74 Å². The third-order valence-corrected chi connectivity index (χ3v) is 3.85. The maximum atomic E-state index is 12.1. The summed E-state index contributed by atoms with van der Waals surface area (Å²) < 4.78 is 7.24. The van der Waals surface area contributed by atoms with E-state index in [1.807, 2.05) is 6.92 Å². The molecule has 20 heavy (non-hydrogen) atoms. The lowest BCUT2D eigenvalue weighted by atomic mass is 10.2. The molecule has 1 amide bonds. The monoisotopic (exact) mass is 363 g/mol. The molecule has 8 heteroatoms. The number of nitrogens with zero attached hydrogens (tertiary/aromatic N) is 2. The summed E-state index contributed by atoms with van der Waals surface area (Å²) in [6, 6.07) is -1.29. The molecule has 2 atom stereocenters. The molecule has 1 aromatic heterocycles. The molecule has 1 unspecified atom stereocenters. The van der Waals surface area contributed by atoms with Crippen LogP contribution in [0.2, 0.25) is 0 Å². The highest BCUT2D eigenvalue weighted by Crippen LogP contribution is 2.16. The maximum absolute atomic E-state index is 12.1. The van der Waals surface area contributed by atoms with Crippen molar-refractivity contribution < 1.29 is 14.3 Å². The minimum Gasteiger partial charge on any atom is -0.464 e. The molecule has 6 nitrogen and oxygen atoms in total. The smallest absolute Gasteiger partial charge is 0.329 e. The lowest BCUT2D eigenvalue weighted by molar-refractivity contribution is -0.147. The molecule has 0 spiro atoms. The second-order valence-corrected chi connectivity index (χ2v) is 5.43. The fourth-order valence-corrected chi connectivity index (χ4v) is 2.02. The summed E-state index contributed by atoms with van der Waals surface area (Å²) in [6.45, 7) is 5.51. The molecule has 0 bridgehead atoms. The Hall–Kier alpha value is -1.02. The maximum Gasteiger partial charge on any atom is 0.329 e. The summed E-state index contributed by atoms with van der Waals surface area (Å²) in [5, 5.41) is 6.83. The first kappa shape index (κ1) is 17.0. The second kappa shape index (κ2) is 7.68. The molecule has 1 aromatic rings. The van der Waals surface area contributed by atoms with E-state index in [0.717, 1.165) is 10.2 Å². The molecule has 0 fully saturated rings. The zero-order chi connectivity index (χ0) is 15.3. The van der Waals surface area contributed by atoms with Crippen molar-refractivity contribution in [1.29, 1.82) is 0 Å². The van der Waals surface area contributed by atoms with Gasteiger partial charge in [-0.1, -0.05) is 0 Å². The standard InChI is InChI=1S/C12H18BrN3O3S/c1-4-19-12(18)10(6-20)14-11(17)8(3)16-5-9(13)7(2)15-16/h5,8,10,20H,4,6H2,1-3H3,(H,14,17)/t8?,10-/m0/s1. The van der Waals surface area contributed by atoms with Crippen molar-refractivity contribution in [1.82, 2.24) is 15.1 Å². The molecule has 1 rings (SSSR count).